The normalized spacial score (nSPS) is 20.0. The number of carbonyl (C=O) groups excluding carboxylic acids is 1. The van der Waals surface area contributed by atoms with Gasteiger partial charge in [-0.25, -0.2) is 9.59 Å². The molecule has 0 aromatic heterocycles. The lowest BCUT2D eigenvalue weighted by molar-refractivity contribution is -0.139. The van der Waals surface area contributed by atoms with E-state index in [-0.39, 0.29) is 5.92 Å². The van der Waals surface area contributed by atoms with Gasteiger partial charge in [-0.1, -0.05) is 12.8 Å². The number of aliphatic imine (C=N–C) groups is 1. The first-order valence-corrected chi connectivity index (χ1v) is 4.05. The molecule has 0 bridgehead atoms. The van der Waals surface area contributed by atoms with Gasteiger partial charge in [-0.05, 0) is 18.8 Å². The molecule has 12 heavy (non-hydrogen) atoms. The van der Waals surface area contributed by atoms with Crippen LogP contribution in [0.4, 0.5) is 0 Å². The zero-order chi connectivity index (χ0) is 8.97. The fraction of sp³-hybridized carbons (Fsp3) is 0.750. The highest BCUT2D eigenvalue weighted by Gasteiger charge is 2.29. The van der Waals surface area contributed by atoms with Crippen molar-refractivity contribution in [2.24, 2.45) is 10.9 Å². The van der Waals surface area contributed by atoms with Gasteiger partial charge in [-0.15, -0.1) is 0 Å². The molecular formula is C8H11NO3. The maximum Gasteiger partial charge on any atom is 0.329 e. The molecule has 1 rings (SSSR count). The summed E-state index contributed by atoms with van der Waals surface area (Å²) in [6.45, 7) is 0. The Hall–Kier alpha value is -1.15. The minimum absolute atomic E-state index is 0.0453. The molecule has 0 unspecified atom stereocenters. The average Bonchev–Trinajstić information content (AvgIpc) is 2.51. The molecule has 0 saturated heterocycles. The number of hydrogen-bond donors (Lipinski definition) is 1. The van der Waals surface area contributed by atoms with Crippen molar-refractivity contribution in [2.45, 2.75) is 31.7 Å². The van der Waals surface area contributed by atoms with Gasteiger partial charge in [0.05, 0.1) is 0 Å². The summed E-state index contributed by atoms with van der Waals surface area (Å²) in [5.41, 5.74) is 0. The van der Waals surface area contributed by atoms with Gasteiger partial charge in [0.15, 0.2) is 6.04 Å². The molecule has 0 aromatic carbocycles. The van der Waals surface area contributed by atoms with Crippen LogP contribution in [-0.2, 0) is 9.59 Å². The van der Waals surface area contributed by atoms with Gasteiger partial charge >= 0.3 is 5.97 Å². The van der Waals surface area contributed by atoms with Crippen LogP contribution < -0.4 is 0 Å². The van der Waals surface area contributed by atoms with Crippen molar-refractivity contribution in [3.8, 4) is 0 Å². The monoisotopic (exact) mass is 169 g/mol. The van der Waals surface area contributed by atoms with Crippen molar-refractivity contribution in [3.05, 3.63) is 0 Å². The lowest BCUT2D eigenvalue weighted by atomic mass is 9.99. The van der Waals surface area contributed by atoms with Gasteiger partial charge < -0.3 is 5.11 Å². The Kier molecular flexibility index (Phi) is 3.00. The highest BCUT2D eigenvalue weighted by molar-refractivity contribution is 5.75. The number of nitrogens with zero attached hydrogens (tertiary/aromatic N) is 1. The van der Waals surface area contributed by atoms with Crippen LogP contribution in [0.2, 0.25) is 0 Å². The molecule has 1 N–H and O–H groups in total. The Labute approximate surface area is 70.3 Å². The molecule has 4 nitrogen and oxygen atoms in total. The molecule has 66 valence electrons. The Bertz CT molecular complexity index is 212. The summed E-state index contributed by atoms with van der Waals surface area (Å²) in [4.78, 5) is 23.8. The first-order valence-electron chi connectivity index (χ1n) is 4.05. The van der Waals surface area contributed by atoms with Crippen LogP contribution in [0.5, 0.6) is 0 Å². The van der Waals surface area contributed by atoms with Crippen molar-refractivity contribution in [3.63, 3.8) is 0 Å². The van der Waals surface area contributed by atoms with E-state index in [1.54, 1.807) is 0 Å². The molecular weight excluding hydrogens is 158 g/mol. The van der Waals surface area contributed by atoms with E-state index < -0.39 is 12.0 Å². The molecule has 1 fully saturated rings. The third-order valence-electron chi connectivity index (χ3n) is 2.29. The quantitative estimate of drug-likeness (QED) is 0.505. The first-order chi connectivity index (χ1) is 5.75. The number of carboxylic acids is 1. The van der Waals surface area contributed by atoms with Crippen molar-refractivity contribution in [1.82, 2.24) is 0 Å². The van der Waals surface area contributed by atoms with E-state index >= 15 is 0 Å². The minimum Gasteiger partial charge on any atom is -0.480 e. The van der Waals surface area contributed by atoms with E-state index in [0.29, 0.717) is 0 Å². The van der Waals surface area contributed by atoms with E-state index in [4.69, 9.17) is 5.11 Å². The Morgan fingerprint density at radius 3 is 2.50 bits per heavy atom. The molecule has 1 atom stereocenters. The zero-order valence-electron chi connectivity index (χ0n) is 6.69. The number of hydrogen-bond acceptors (Lipinski definition) is 3. The Balaban J connectivity index is 2.63. The third-order valence-corrected chi connectivity index (χ3v) is 2.29. The highest BCUT2D eigenvalue weighted by atomic mass is 16.4. The van der Waals surface area contributed by atoms with E-state index in [9.17, 15) is 9.59 Å². The predicted octanol–water partition coefficient (Wildman–Crippen LogP) is 0.966. The van der Waals surface area contributed by atoms with Crippen LogP contribution in [-0.4, -0.2) is 23.2 Å². The number of carboxylic acid groups (broad SMARTS) is 1. The highest BCUT2D eigenvalue weighted by Crippen LogP contribution is 2.29. The minimum atomic E-state index is -1.01. The largest absolute Gasteiger partial charge is 0.480 e. The van der Waals surface area contributed by atoms with Crippen LogP contribution >= 0.6 is 0 Å². The second-order valence-electron chi connectivity index (χ2n) is 3.05. The van der Waals surface area contributed by atoms with Crippen LogP contribution in [0.3, 0.4) is 0 Å². The molecule has 4 heteroatoms. The van der Waals surface area contributed by atoms with Crippen LogP contribution in [0.25, 0.3) is 0 Å². The van der Waals surface area contributed by atoms with Gasteiger partial charge in [0.1, 0.15) is 0 Å². The summed E-state index contributed by atoms with van der Waals surface area (Å²) >= 11 is 0. The molecule has 1 saturated carbocycles. The Morgan fingerprint density at radius 2 is 2.08 bits per heavy atom. The third kappa shape index (κ3) is 1.92. The Morgan fingerprint density at radius 1 is 1.50 bits per heavy atom. The summed E-state index contributed by atoms with van der Waals surface area (Å²) in [5, 5.41) is 8.69. The molecule has 0 spiro atoms. The van der Waals surface area contributed by atoms with Crippen molar-refractivity contribution in [2.75, 3.05) is 0 Å². The van der Waals surface area contributed by atoms with Crippen LogP contribution in [0.1, 0.15) is 25.7 Å². The van der Waals surface area contributed by atoms with Gasteiger partial charge in [0.2, 0.25) is 6.08 Å². The summed E-state index contributed by atoms with van der Waals surface area (Å²) < 4.78 is 0. The zero-order valence-corrected chi connectivity index (χ0v) is 6.69. The van der Waals surface area contributed by atoms with Gasteiger partial charge in [-0.2, -0.15) is 4.99 Å². The maximum atomic E-state index is 10.6. The molecule has 0 heterocycles. The fourth-order valence-electron chi connectivity index (χ4n) is 1.69. The SMILES string of the molecule is O=C=N[C@H](C(=O)O)C1CCCC1. The summed E-state index contributed by atoms with van der Waals surface area (Å²) in [7, 11) is 0. The number of aliphatic carboxylic acids is 1. The smallest absolute Gasteiger partial charge is 0.329 e. The second-order valence-corrected chi connectivity index (χ2v) is 3.05. The molecule has 0 aliphatic heterocycles. The van der Waals surface area contributed by atoms with Gasteiger partial charge in [0, 0.05) is 0 Å². The number of carbonyl (C=O) groups is 1. The summed E-state index contributed by atoms with van der Waals surface area (Å²) in [6, 6.07) is -0.856. The summed E-state index contributed by atoms with van der Waals surface area (Å²) in [6.07, 6.45) is 5.14. The second kappa shape index (κ2) is 4.02. The molecule has 0 amide bonds. The van der Waals surface area contributed by atoms with Crippen LogP contribution in [0.15, 0.2) is 4.99 Å². The maximum absolute atomic E-state index is 10.6. The van der Waals surface area contributed by atoms with E-state index in [2.05, 4.69) is 4.99 Å². The molecule has 0 aromatic rings. The predicted molar refractivity (Wildman–Crippen MR) is 41.5 cm³/mol. The van der Waals surface area contributed by atoms with Crippen molar-refractivity contribution in [1.29, 1.82) is 0 Å². The van der Waals surface area contributed by atoms with Gasteiger partial charge in [-0.3, -0.25) is 0 Å². The topological polar surface area (TPSA) is 66.7 Å². The van der Waals surface area contributed by atoms with E-state index in [1.165, 1.54) is 6.08 Å². The van der Waals surface area contributed by atoms with Crippen molar-refractivity contribution < 1.29 is 14.7 Å². The van der Waals surface area contributed by atoms with E-state index in [1.807, 2.05) is 0 Å². The van der Waals surface area contributed by atoms with E-state index in [0.717, 1.165) is 25.7 Å². The summed E-state index contributed by atoms with van der Waals surface area (Å²) in [5.74, 6) is -0.964. The lowest BCUT2D eigenvalue weighted by Crippen LogP contribution is -2.25. The number of rotatable bonds is 3. The molecule has 1 aliphatic carbocycles. The fourth-order valence-corrected chi connectivity index (χ4v) is 1.69. The molecule has 0 radical (unpaired) electrons. The average molecular weight is 169 g/mol. The number of isocyanates is 1. The van der Waals surface area contributed by atoms with Gasteiger partial charge in [0.25, 0.3) is 0 Å². The lowest BCUT2D eigenvalue weighted by Gasteiger charge is -2.11. The first kappa shape index (κ1) is 8.94. The van der Waals surface area contributed by atoms with Crippen molar-refractivity contribution >= 4 is 12.0 Å². The van der Waals surface area contributed by atoms with Crippen LogP contribution in [0, 0.1) is 5.92 Å². The standard InChI is InChI=1S/C8H11NO3/c10-5-9-7(8(11)12)6-3-1-2-4-6/h6-7H,1-4H2,(H,11,12)/t7-/m0/s1. The molecule has 1 aliphatic rings.